The molecule has 1 aliphatic rings. The first-order valence-corrected chi connectivity index (χ1v) is 8.00. The Labute approximate surface area is 141 Å². The number of anilines is 2. The van der Waals surface area contributed by atoms with Crippen molar-refractivity contribution < 1.29 is 13.4 Å². The van der Waals surface area contributed by atoms with E-state index < -0.39 is 7.04 Å². The lowest BCUT2D eigenvalue weighted by molar-refractivity contribution is 0.0682. The Morgan fingerprint density at radius 1 is 1.30 bits per heavy atom. The Morgan fingerprint density at radius 2 is 2.09 bits per heavy atom. The average Bonchev–Trinajstić information content (AvgIpc) is 2.89. The molecule has 1 aromatic carbocycles. The highest BCUT2D eigenvalue weighted by molar-refractivity contribution is 5.77. The predicted molar refractivity (Wildman–Crippen MR) is 92.5 cm³/mol. The predicted octanol–water partition coefficient (Wildman–Crippen LogP) is 3.91. The molecule has 124 valence electrons. The van der Waals surface area contributed by atoms with Crippen molar-refractivity contribution in [2.24, 2.45) is 0 Å². The van der Waals surface area contributed by atoms with Crippen molar-refractivity contribution in [3.8, 4) is 11.1 Å². The molecule has 5 heteroatoms. The second-order valence-electron chi connectivity index (χ2n) is 6.24. The van der Waals surface area contributed by atoms with Gasteiger partial charge in [0.2, 0.25) is 0 Å². The minimum Gasteiger partial charge on any atom is -0.397 e. The molecule has 1 fully saturated rings. The second kappa shape index (κ2) is 6.62. The molecule has 23 heavy (non-hydrogen) atoms. The van der Waals surface area contributed by atoms with Crippen molar-refractivity contribution in [3.63, 3.8) is 0 Å². The molecule has 1 aliphatic carbocycles. The standard InChI is InChI=1S/C18H25N3O2/c1-11-18(12(2)23-21-11)13-4-9-17(16(19)10-13)20-14-5-7-15(22-3)8-6-14/h4,9-10,14-15,20H,5-8,19H2,1-3H3/t14-,15-/i3D3. The van der Waals surface area contributed by atoms with Crippen LogP contribution in [0, 0.1) is 13.8 Å². The summed E-state index contributed by atoms with van der Waals surface area (Å²) in [4.78, 5) is 0. The highest BCUT2D eigenvalue weighted by Gasteiger charge is 2.21. The molecule has 0 saturated heterocycles. The molecule has 0 spiro atoms. The highest BCUT2D eigenvalue weighted by atomic mass is 16.5. The molecule has 0 amide bonds. The fraction of sp³-hybridized carbons (Fsp3) is 0.500. The first-order chi connectivity index (χ1) is 12.2. The summed E-state index contributed by atoms with van der Waals surface area (Å²) in [5.74, 6) is 0.773. The number of nitrogens with zero attached hydrogens (tertiary/aromatic N) is 1. The SMILES string of the molecule is [2H]C([2H])([2H])O[C@H]1CC[C@H](Nc2ccc(-c3c(C)noc3C)cc2N)CC1. The van der Waals surface area contributed by atoms with Gasteiger partial charge >= 0.3 is 0 Å². The molecular formula is C18H25N3O2. The lowest BCUT2D eigenvalue weighted by atomic mass is 9.92. The minimum atomic E-state index is -2.32. The maximum atomic E-state index is 7.20. The van der Waals surface area contributed by atoms with Crippen molar-refractivity contribution in [1.29, 1.82) is 0 Å². The van der Waals surface area contributed by atoms with Gasteiger partial charge in [0.05, 0.1) is 27.3 Å². The average molecular weight is 318 g/mol. The van der Waals surface area contributed by atoms with Crippen LogP contribution in [-0.2, 0) is 4.74 Å². The summed E-state index contributed by atoms with van der Waals surface area (Å²) in [5.41, 5.74) is 10.6. The van der Waals surface area contributed by atoms with Gasteiger partial charge in [-0.05, 0) is 57.2 Å². The zero-order valence-electron chi connectivity index (χ0n) is 16.6. The topological polar surface area (TPSA) is 73.3 Å². The van der Waals surface area contributed by atoms with Crippen LogP contribution in [0.15, 0.2) is 22.7 Å². The molecule has 1 aromatic heterocycles. The Morgan fingerprint density at radius 3 is 2.70 bits per heavy atom. The number of aromatic nitrogens is 1. The number of aryl methyl sites for hydroxylation is 2. The van der Waals surface area contributed by atoms with Gasteiger partial charge in [0.15, 0.2) is 0 Å². The van der Waals surface area contributed by atoms with Crippen molar-refractivity contribution in [2.75, 3.05) is 18.1 Å². The van der Waals surface area contributed by atoms with E-state index in [2.05, 4.69) is 10.5 Å². The van der Waals surface area contributed by atoms with Gasteiger partial charge in [-0.15, -0.1) is 0 Å². The fourth-order valence-electron chi connectivity index (χ4n) is 3.29. The molecule has 2 aromatic rings. The van der Waals surface area contributed by atoms with Gasteiger partial charge in [-0.25, -0.2) is 0 Å². The molecule has 0 radical (unpaired) electrons. The van der Waals surface area contributed by atoms with E-state index in [-0.39, 0.29) is 12.1 Å². The molecule has 0 aliphatic heterocycles. The monoisotopic (exact) mass is 318 g/mol. The number of rotatable bonds is 4. The van der Waals surface area contributed by atoms with E-state index in [4.69, 9.17) is 19.1 Å². The van der Waals surface area contributed by atoms with Crippen molar-refractivity contribution in [2.45, 2.75) is 51.7 Å². The van der Waals surface area contributed by atoms with Crippen molar-refractivity contribution in [3.05, 3.63) is 29.7 Å². The Bertz CT molecular complexity index is 746. The maximum absolute atomic E-state index is 7.20. The van der Waals surface area contributed by atoms with E-state index in [1.165, 1.54) is 0 Å². The zero-order valence-corrected chi connectivity index (χ0v) is 13.6. The van der Waals surface area contributed by atoms with Crippen LogP contribution in [0.4, 0.5) is 11.4 Å². The number of nitrogen functional groups attached to an aromatic ring is 1. The molecule has 3 N–H and O–H groups in total. The molecule has 1 saturated carbocycles. The fourth-order valence-corrected chi connectivity index (χ4v) is 3.29. The smallest absolute Gasteiger partial charge is 0.141 e. The number of benzene rings is 1. The van der Waals surface area contributed by atoms with E-state index in [9.17, 15) is 0 Å². The Balaban J connectivity index is 1.63. The third kappa shape index (κ3) is 3.34. The van der Waals surface area contributed by atoms with Crippen LogP contribution in [0.2, 0.25) is 0 Å². The maximum Gasteiger partial charge on any atom is 0.141 e. The van der Waals surface area contributed by atoms with Crippen LogP contribution in [-0.4, -0.2) is 24.3 Å². The lowest BCUT2D eigenvalue weighted by Crippen LogP contribution is -2.29. The quantitative estimate of drug-likeness (QED) is 0.836. The number of methoxy groups -OCH3 is 1. The number of hydrogen-bond donors (Lipinski definition) is 2. The molecule has 5 nitrogen and oxygen atoms in total. The van der Waals surface area contributed by atoms with Gasteiger partial charge in [-0.2, -0.15) is 0 Å². The van der Waals surface area contributed by atoms with Crippen LogP contribution >= 0.6 is 0 Å². The summed E-state index contributed by atoms with van der Waals surface area (Å²) < 4.78 is 31.9. The summed E-state index contributed by atoms with van der Waals surface area (Å²) >= 11 is 0. The van der Waals surface area contributed by atoms with Gasteiger partial charge < -0.3 is 20.3 Å². The number of nitrogens with two attached hydrogens (primary N) is 1. The van der Waals surface area contributed by atoms with Gasteiger partial charge in [0, 0.05) is 18.6 Å². The molecular weight excluding hydrogens is 290 g/mol. The highest BCUT2D eigenvalue weighted by Crippen LogP contribution is 2.32. The molecule has 1 heterocycles. The molecule has 0 unspecified atom stereocenters. The summed E-state index contributed by atoms with van der Waals surface area (Å²) in [7, 11) is -2.32. The van der Waals surface area contributed by atoms with E-state index >= 15 is 0 Å². The lowest BCUT2D eigenvalue weighted by Gasteiger charge is -2.29. The third-order valence-corrected chi connectivity index (χ3v) is 4.57. The zero-order chi connectivity index (χ0) is 18.9. The first-order valence-electron chi connectivity index (χ1n) is 9.50. The molecule has 0 bridgehead atoms. The van der Waals surface area contributed by atoms with E-state index in [0.29, 0.717) is 5.69 Å². The normalized spacial score (nSPS) is 23.8. The van der Waals surface area contributed by atoms with Crippen molar-refractivity contribution in [1.82, 2.24) is 5.16 Å². The van der Waals surface area contributed by atoms with E-state index in [1.807, 2.05) is 32.0 Å². The van der Waals surface area contributed by atoms with E-state index in [0.717, 1.165) is 54.0 Å². The first kappa shape index (κ1) is 12.4. The number of ether oxygens (including phenoxy) is 1. The van der Waals surface area contributed by atoms with Crippen LogP contribution < -0.4 is 11.1 Å². The summed E-state index contributed by atoms with van der Waals surface area (Å²) in [6.45, 7) is 3.80. The summed E-state index contributed by atoms with van der Waals surface area (Å²) in [6.07, 6.45) is 2.97. The van der Waals surface area contributed by atoms with Gasteiger partial charge in [-0.3, -0.25) is 0 Å². The summed E-state index contributed by atoms with van der Waals surface area (Å²) in [5, 5.41) is 7.46. The van der Waals surface area contributed by atoms with E-state index in [1.54, 1.807) is 0 Å². The van der Waals surface area contributed by atoms with Crippen LogP contribution in [0.25, 0.3) is 11.1 Å². The van der Waals surface area contributed by atoms with Crippen LogP contribution in [0.3, 0.4) is 0 Å². The third-order valence-electron chi connectivity index (χ3n) is 4.57. The molecule has 3 rings (SSSR count). The van der Waals surface area contributed by atoms with Crippen LogP contribution in [0.1, 0.15) is 41.2 Å². The Kier molecular flexibility index (Phi) is 3.58. The minimum absolute atomic E-state index is 0.195. The van der Waals surface area contributed by atoms with Gasteiger partial charge in [0.1, 0.15) is 5.76 Å². The van der Waals surface area contributed by atoms with Gasteiger partial charge in [-0.1, -0.05) is 11.2 Å². The van der Waals surface area contributed by atoms with Gasteiger partial charge in [0.25, 0.3) is 0 Å². The van der Waals surface area contributed by atoms with Crippen molar-refractivity contribution >= 4 is 11.4 Å². The Hall–Kier alpha value is -2.01. The largest absolute Gasteiger partial charge is 0.397 e. The number of nitrogens with one attached hydrogen (secondary N) is 1. The molecule has 0 atom stereocenters. The van der Waals surface area contributed by atoms with Crippen LogP contribution in [0.5, 0.6) is 0 Å². The summed E-state index contributed by atoms with van der Waals surface area (Å²) in [6, 6.07) is 6.17. The number of hydrogen-bond acceptors (Lipinski definition) is 5. The second-order valence-corrected chi connectivity index (χ2v) is 6.24.